The zero-order valence-corrected chi connectivity index (χ0v) is 8.91. The average Bonchev–Trinajstić information content (AvgIpc) is 2.55. The molecule has 0 aliphatic carbocycles. The van der Waals surface area contributed by atoms with E-state index in [1.165, 1.54) is 5.56 Å². The SMILES string of the molecule is C=C1C(=O)Oc2c1ccc1cc(C)ccc21. The van der Waals surface area contributed by atoms with Crippen molar-refractivity contribution < 1.29 is 9.53 Å². The molecule has 0 radical (unpaired) electrons. The first kappa shape index (κ1) is 9.16. The third-order valence-corrected chi connectivity index (χ3v) is 2.89. The molecule has 2 aromatic carbocycles. The molecule has 2 aromatic rings. The number of carbonyl (C=O) groups is 1. The van der Waals surface area contributed by atoms with Gasteiger partial charge in [-0.3, -0.25) is 0 Å². The standard InChI is InChI=1S/C14H10O2/c1-8-3-5-12-10(7-8)4-6-11-9(2)14(15)16-13(11)12/h3-7H,2H2,1H3. The van der Waals surface area contributed by atoms with E-state index < -0.39 is 0 Å². The predicted octanol–water partition coefficient (Wildman–Crippen LogP) is 3.08. The summed E-state index contributed by atoms with van der Waals surface area (Å²) in [5.74, 6) is 0.301. The number of benzene rings is 2. The normalized spacial score (nSPS) is 14.1. The van der Waals surface area contributed by atoms with Gasteiger partial charge in [0.05, 0.1) is 5.57 Å². The van der Waals surface area contributed by atoms with Crippen LogP contribution in [0.4, 0.5) is 0 Å². The van der Waals surface area contributed by atoms with Crippen molar-refractivity contribution in [3.8, 4) is 5.75 Å². The van der Waals surface area contributed by atoms with E-state index in [4.69, 9.17) is 4.74 Å². The van der Waals surface area contributed by atoms with E-state index in [1.54, 1.807) is 0 Å². The smallest absolute Gasteiger partial charge is 0.343 e. The van der Waals surface area contributed by atoms with Gasteiger partial charge in [0, 0.05) is 10.9 Å². The Hall–Kier alpha value is -2.09. The first-order valence-electron chi connectivity index (χ1n) is 5.11. The molecule has 0 amide bonds. The highest BCUT2D eigenvalue weighted by molar-refractivity contribution is 6.22. The molecule has 0 bridgehead atoms. The summed E-state index contributed by atoms with van der Waals surface area (Å²) >= 11 is 0. The second-order valence-electron chi connectivity index (χ2n) is 4.03. The van der Waals surface area contributed by atoms with Crippen LogP contribution in [-0.2, 0) is 4.79 Å². The number of hydrogen-bond donors (Lipinski definition) is 0. The first-order valence-corrected chi connectivity index (χ1v) is 5.11. The Morgan fingerprint density at radius 3 is 2.81 bits per heavy atom. The quantitative estimate of drug-likeness (QED) is 0.379. The highest BCUT2D eigenvalue weighted by atomic mass is 16.5. The molecule has 0 saturated heterocycles. The van der Waals surface area contributed by atoms with Gasteiger partial charge in [0.2, 0.25) is 0 Å². The predicted molar refractivity (Wildman–Crippen MR) is 63.4 cm³/mol. The molecule has 1 aliphatic heterocycles. The number of hydrogen-bond acceptors (Lipinski definition) is 2. The largest absolute Gasteiger partial charge is 0.422 e. The summed E-state index contributed by atoms with van der Waals surface area (Å²) in [7, 11) is 0. The van der Waals surface area contributed by atoms with Crippen molar-refractivity contribution in [2.24, 2.45) is 0 Å². The van der Waals surface area contributed by atoms with Crippen LogP contribution in [0.3, 0.4) is 0 Å². The molecule has 0 aromatic heterocycles. The highest BCUT2D eigenvalue weighted by Gasteiger charge is 2.26. The average molecular weight is 210 g/mol. The Morgan fingerprint density at radius 1 is 1.19 bits per heavy atom. The van der Waals surface area contributed by atoms with E-state index in [0.717, 1.165) is 16.3 Å². The van der Waals surface area contributed by atoms with Crippen LogP contribution in [-0.4, -0.2) is 5.97 Å². The van der Waals surface area contributed by atoms with Gasteiger partial charge in [0.15, 0.2) is 0 Å². The minimum Gasteiger partial charge on any atom is -0.422 e. The Labute approximate surface area is 93.2 Å². The number of carbonyl (C=O) groups excluding carboxylic acids is 1. The second-order valence-corrected chi connectivity index (χ2v) is 4.03. The van der Waals surface area contributed by atoms with Crippen LogP contribution in [0.2, 0.25) is 0 Å². The molecule has 0 atom stereocenters. The van der Waals surface area contributed by atoms with Gasteiger partial charge in [-0.25, -0.2) is 4.79 Å². The Bertz CT molecular complexity index is 638. The highest BCUT2D eigenvalue weighted by Crippen LogP contribution is 2.39. The van der Waals surface area contributed by atoms with Crippen LogP contribution in [0, 0.1) is 6.92 Å². The molecular weight excluding hydrogens is 200 g/mol. The fraction of sp³-hybridized carbons (Fsp3) is 0.0714. The summed E-state index contributed by atoms with van der Waals surface area (Å²) in [4.78, 5) is 11.4. The minimum absolute atomic E-state index is 0.344. The Kier molecular flexibility index (Phi) is 1.69. The lowest BCUT2D eigenvalue weighted by molar-refractivity contribution is -0.126. The van der Waals surface area contributed by atoms with Crippen molar-refractivity contribution in [2.75, 3.05) is 0 Å². The number of fused-ring (bicyclic) bond motifs is 3. The van der Waals surface area contributed by atoms with Gasteiger partial charge in [0.1, 0.15) is 5.75 Å². The molecule has 1 heterocycles. The van der Waals surface area contributed by atoms with E-state index in [-0.39, 0.29) is 5.97 Å². The Balaban J connectivity index is 2.39. The number of aryl methyl sites for hydroxylation is 1. The van der Waals surface area contributed by atoms with Crippen molar-refractivity contribution in [1.82, 2.24) is 0 Å². The zero-order valence-electron chi connectivity index (χ0n) is 8.91. The van der Waals surface area contributed by atoms with Crippen molar-refractivity contribution in [1.29, 1.82) is 0 Å². The van der Waals surface area contributed by atoms with Crippen molar-refractivity contribution >= 4 is 22.3 Å². The van der Waals surface area contributed by atoms with Crippen LogP contribution < -0.4 is 4.74 Å². The fourth-order valence-electron chi connectivity index (χ4n) is 2.03. The molecule has 1 aliphatic rings. The van der Waals surface area contributed by atoms with Gasteiger partial charge in [-0.1, -0.05) is 36.4 Å². The third kappa shape index (κ3) is 1.10. The number of ether oxygens (including phenoxy) is 1. The monoisotopic (exact) mass is 210 g/mol. The fourth-order valence-corrected chi connectivity index (χ4v) is 2.03. The number of rotatable bonds is 0. The summed E-state index contributed by atoms with van der Waals surface area (Å²) in [6.45, 7) is 5.77. The van der Waals surface area contributed by atoms with Crippen LogP contribution in [0.5, 0.6) is 5.75 Å². The molecular formula is C14H10O2. The van der Waals surface area contributed by atoms with Gasteiger partial charge < -0.3 is 4.74 Å². The van der Waals surface area contributed by atoms with Crippen LogP contribution in [0.15, 0.2) is 36.9 Å². The van der Waals surface area contributed by atoms with E-state index in [1.807, 2.05) is 31.2 Å². The van der Waals surface area contributed by atoms with Gasteiger partial charge >= 0.3 is 5.97 Å². The van der Waals surface area contributed by atoms with E-state index >= 15 is 0 Å². The maximum absolute atomic E-state index is 11.4. The molecule has 0 spiro atoms. The van der Waals surface area contributed by atoms with Crippen molar-refractivity contribution in [2.45, 2.75) is 6.92 Å². The van der Waals surface area contributed by atoms with Crippen molar-refractivity contribution in [3.05, 3.63) is 48.0 Å². The third-order valence-electron chi connectivity index (χ3n) is 2.89. The first-order chi connectivity index (χ1) is 7.66. The molecule has 0 unspecified atom stereocenters. The second kappa shape index (κ2) is 2.95. The molecule has 0 fully saturated rings. The zero-order chi connectivity index (χ0) is 11.3. The van der Waals surface area contributed by atoms with Crippen molar-refractivity contribution in [3.63, 3.8) is 0 Å². The minimum atomic E-state index is -0.344. The molecule has 0 N–H and O–H groups in total. The molecule has 16 heavy (non-hydrogen) atoms. The molecule has 2 nitrogen and oxygen atoms in total. The summed E-state index contributed by atoms with van der Waals surface area (Å²) in [6.07, 6.45) is 0. The van der Waals surface area contributed by atoms with Gasteiger partial charge in [-0.05, 0) is 18.4 Å². The maximum Gasteiger partial charge on any atom is 0.343 e. The summed E-state index contributed by atoms with van der Waals surface area (Å²) < 4.78 is 5.23. The topological polar surface area (TPSA) is 26.3 Å². The molecule has 78 valence electrons. The lowest BCUT2D eigenvalue weighted by Crippen LogP contribution is -1.99. The summed E-state index contributed by atoms with van der Waals surface area (Å²) in [6, 6.07) is 9.95. The van der Waals surface area contributed by atoms with Gasteiger partial charge in [-0.2, -0.15) is 0 Å². The van der Waals surface area contributed by atoms with E-state index in [9.17, 15) is 4.79 Å². The molecule has 3 rings (SSSR count). The molecule has 2 heteroatoms. The maximum atomic E-state index is 11.4. The van der Waals surface area contributed by atoms with Crippen LogP contribution in [0.1, 0.15) is 11.1 Å². The van der Waals surface area contributed by atoms with Gasteiger partial charge in [-0.15, -0.1) is 0 Å². The van der Waals surface area contributed by atoms with Crippen LogP contribution >= 0.6 is 0 Å². The van der Waals surface area contributed by atoms with E-state index in [0.29, 0.717) is 11.3 Å². The Morgan fingerprint density at radius 2 is 2.00 bits per heavy atom. The summed E-state index contributed by atoms with van der Waals surface area (Å²) in [5, 5.41) is 2.05. The molecule has 0 saturated carbocycles. The lowest BCUT2D eigenvalue weighted by Gasteiger charge is -2.04. The van der Waals surface area contributed by atoms with E-state index in [2.05, 4.69) is 12.6 Å². The number of esters is 1. The van der Waals surface area contributed by atoms with Gasteiger partial charge in [0.25, 0.3) is 0 Å². The lowest BCUT2D eigenvalue weighted by atomic mass is 10.0. The van der Waals surface area contributed by atoms with Crippen LogP contribution in [0.25, 0.3) is 16.3 Å². The summed E-state index contributed by atoms with van der Waals surface area (Å²) in [5.41, 5.74) is 2.44.